The molecule has 0 unspecified atom stereocenters. The molecule has 0 fully saturated rings. The molecule has 0 aliphatic carbocycles. The van der Waals surface area contributed by atoms with Crippen LogP contribution in [0.2, 0.25) is 0 Å². The zero-order valence-corrected chi connectivity index (χ0v) is 17.7. The number of hydrogen-bond donors (Lipinski definition) is 1. The van der Waals surface area contributed by atoms with Crippen molar-refractivity contribution in [1.82, 2.24) is 4.98 Å². The average Bonchev–Trinajstić information content (AvgIpc) is 2.75. The number of rotatable bonds is 7. The molecule has 0 saturated carbocycles. The van der Waals surface area contributed by atoms with Gasteiger partial charge in [0.25, 0.3) is 0 Å². The third-order valence-corrected chi connectivity index (χ3v) is 4.97. The van der Waals surface area contributed by atoms with Crippen molar-refractivity contribution in [3.63, 3.8) is 0 Å². The number of aromatic nitrogens is 1. The first-order valence-corrected chi connectivity index (χ1v) is 10.1. The zero-order valence-electron chi connectivity index (χ0n) is 17.7. The van der Waals surface area contributed by atoms with E-state index < -0.39 is 5.82 Å². The smallest absolute Gasteiger partial charge is 0.204 e. The van der Waals surface area contributed by atoms with Crippen LogP contribution in [0.5, 0.6) is 28.7 Å². The molecule has 0 saturated heterocycles. The normalized spacial score (nSPS) is 12.9. The molecule has 3 aromatic rings. The summed E-state index contributed by atoms with van der Waals surface area (Å²) in [4.78, 5) is 4.42. The molecule has 0 bridgehead atoms. The van der Waals surface area contributed by atoms with Gasteiger partial charge in [-0.05, 0) is 23.6 Å². The maximum absolute atomic E-state index is 14.6. The first-order valence-electron chi connectivity index (χ1n) is 10.1. The van der Waals surface area contributed by atoms with Gasteiger partial charge in [-0.15, -0.1) is 0 Å². The number of benzene rings is 2. The molecule has 4 rings (SSSR count). The predicted octanol–water partition coefficient (Wildman–Crippen LogP) is 4.67. The van der Waals surface area contributed by atoms with Crippen molar-refractivity contribution in [3.05, 3.63) is 41.8 Å². The number of hydrogen-bond acceptors (Lipinski definition) is 7. The number of methoxy groups -OCH3 is 1. The highest BCUT2D eigenvalue weighted by molar-refractivity contribution is 5.95. The van der Waals surface area contributed by atoms with E-state index in [1.165, 1.54) is 6.07 Å². The third kappa shape index (κ3) is 4.16. The molecule has 8 heteroatoms. The molecule has 1 aromatic heterocycles. The van der Waals surface area contributed by atoms with Gasteiger partial charge >= 0.3 is 0 Å². The van der Waals surface area contributed by atoms with Crippen molar-refractivity contribution in [2.45, 2.75) is 19.8 Å². The Hall–Kier alpha value is -3.26. The molecular weight excluding hydrogens is 403 g/mol. The first-order chi connectivity index (χ1) is 15.0. The van der Waals surface area contributed by atoms with E-state index in [0.29, 0.717) is 66.0 Å². The third-order valence-electron chi connectivity index (χ3n) is 4.97. The van der Waals surface area contributed by atoms with Crippen LogP contribution in [0.3, 0.4) is 0 Å². The van der Waals surface area contributed by atoms with Crippen LogP contribution in [0.15, 0.2) is 30.5 Å². The Balaban J connectivity index is 1.80. The summed E-state index contributed by atoms with van der Waals surface area (Å²) in [5.74, 6) is 1.48. The van der Waals surface area contributed by atoms with E-state index in [-0.39, 0.29) is 11.7 Å². The molecule has 1 aliphatic heterocycles. The summed E-state index contributed by atoms with van der Waals surface area (Å²) in [5.41, 5.74) is 7.75. The Morgan fingerprint density at radius 2 is 1.84 bits per heavy atom. The van der Waals surface area contributed by atoms with Crippen molar-refractivity contribution in [1.29, 1.82) is 0 Å². The van der Waals surface area contributed by atoms with Crippen LogP contribution >= 0.6 is 0 Å². The van der Waals surface area contributed by atoms with Gasteiger partial charge in [-0.2, -0.15) is 0 Å². The van der Waals surface area contributed by atoms with Gasteiger partial charge in [-0.1, -0.05) is 13.8 Å². The number of ether oxygens (including phenoxy) is 5. The van der Waals surface area contributed by atoms with Crippen molar-refractivity contribution >= 4 is 16.6 Å². The number of nitrogen functional groups attached to an aromatic ring is 1. The highest BCUT2D eigenvalue weighted by atomic mass is 19.1. The maximum Gasteiger partial charge on any atom is 0.204 e. The van der Waals surface area contributed by atoms with Crippen LogP contribution in [-0.2, 0) is 4.74 Å². The van der Waals surface area contributed by atoms with Crippen LogP contribution in [-0.4, -0.2) is 38.5 Å². The van der Waals surface area contributed by atoms with E-state index in [9.17, 15) is 4.39 Å². The highest BCUT2D eigenvalue weighted by Crippen LogP contribution is 2.48. The fraction of sp³-hybridized carbons (Fsp3) is 0.348. The SMILES string of the molecule is COCCOc1cc2nccc(Oc3cc(C(C)C)c(N)cc3F)c2c2c1OCCO2. The quantitative estimate of drug-likeness (QED) is 0.432. The summed E-state index contributed by atoms with van der Waals surface area (Å²) >= 11 is 0. The molecule has 0 atom stereocenters. The van der Waals surface area contributed by atoms with Crippen molar-refractivity contribution in [3.8, 4) is 28.7 Å². The highest BCUT2D eigenvalue weighted by Gasteiger charge is 2.25. The van der Waals surface area contributed by atoms with Gasteiger partial charge in [0.15, 0.2) is 23.1 Å². The number of pyridine rings is 1. The molecule has 0 amide bonds. The Bertz CT molecular complexity index is 1100. The second-order valence-corrected chi connectivity index (χ2v) is 7.44. The molecule has 0 radical (unpaired) electrons. The molecule has 2 N–H and O–H groups in total. The number of nitrogens with zero attached hydrogens (tertiary/aromatic N) is 1. The molecule has 0 spiro atoms. The van der Waals surface area contributed by atoms with E-state index >= 15 is 0 Å². The van der Waals surface area contributed by atoms with Gasteiger partial charge in [0.05, 0.1) is 17.5 Å². The molecule has 2 aromatic carbocycles. The second-order valence-electron chi connectivity index (χ2n) is 7.44. The Morgan fingerprint density at radius 3 is 2.58 bits per heavy atom. The van der Waals surface area contributed by atoms with Gasteiger partial charge < -0.3 is 29.4 Å². The van der Waals surface area contributed by atoms with Gasteiger partial charge in [0.2, 0.25) is 5.75 Å². The molecule has 2 heterocycles. The van der Waals surface area contributed by atoms with Crippen LogP contribution < -0.4 is 24.7 Å². The van der Waals surface area contributed by atoms with Crippen LogP contribution in [0.4, 0.5) is 10.1 Å². The first kappa shape index (κ1) is 21.0. The minimum absolute atomic E-state index is 0.0799. The monoisotopic (exact) mass is 428 g/mol. The second kappa shape index (κ2) is 8.85. The largest absolute Gasteiger partial charge is 0.487 e. The van der Waals surface area contributed by atoms with Gasteiger partial charge in [0, 0.05) is 31.1 Å². The number of anilines is 1. The van der Waals surface area contributed by atoms with Crippen LogP contribution in [0.1, 0.15) is 25.3 Å². The topological polar surface area (TPSA) is 85.1 Å². The van der Waals surface area contributed by atoms with E-state index in [4.69, 9.17) is 29.4 Å². The molecule has 7 nitrogen and oxygen atoms in total. The number of halogens is 1. The van der Waals surface area contributed by atoms with E-state index in [1.54, 1.807) is 31.5 Å². The van der Waals surface area contributed by atoms with Crippen molar-refractivity contribution in [2.75, 3.05) is 39.3 Å². The summed E-state index contributed by atoms with van der Waals surface area (Å²) in [6.07, 6.45) is 1.59. The van der Waals surface area contributed by atoms with E-state index in [2.05, 4.69) is 4.98 Å². The lowest BCUT2D eigenvalue weighted by molar-refractivity contribution is 0.134. The van der Waals surface area contributed by atoms with Gasteiger partial charge in [-0.3, -0.25) is 4.98 Å². The predicted molar refractivity (Wildman–Crippen MR) is 115 cm³/mol. The van der Waals surface area contributed by atoms with Gasteiger partial charge in [-0.25, -0.2) is 4.39 Å². The minimum Gasteiger partial charge on any atom is -0.487 e. The molecular formula is C23H25FN2O5. The summed E-state index contributed by atoms with van der Waals surface area (Å²) in [6.45, 7) is 5.51. The molecule has 1 aliphatic rings. The number of nitrogens with two attached hydrogens (primary N) is 1. The van der Waals surface area contributed by atoms with Gasteiger partial charge in [0.1, 0.15) is 25.6 Å². The Morgan fingerprint density at radius 1 is 1.06 bits per heavy atom. The van der Waals surface area contributed by atoms with Crippen LogP contribution in [0.25, 0.3) is 10.9 Å². The van der Waals surface area contributed by atoms with E-state index in [1.807, 2.05) is 13.8 Å². The van der Waals surface area contributed by atoms with Crippen molar-refractivity contribution < 1.29 is 28.1 Å². The average molecular weight is 428 g/mol. The lowest BCUT2D eigenvalue weighted by atomic mass is 10.0. The maximum atomic E-state index is 14.6. The lowest BCUT2D eigenvalue weighted by Gasteiger charge is -2.23. The van der Waals surface area contributed by atoms with Crippen molar-refractivity contribution in [2.24, 2.45) is 0 Å². The summed E-state index contributed by atoms with van der Waals surface area (Å²) in [6, 6.07) is 6.33. The number of fused-ring (bicyclic) bond motifs is 3. The fourth-order valence-electron chi connectivity index (χ4n) is 3.48. The standard InChI is InChI=1S/C23H25FN2O5/c1-13(2)14-10-19(15(24)11-16(14)25)31-18-4-5-26-17-12-20(28-7-6-27-3)22-23(21(17)18)30-9-8-29-22/h4-5,10-13H,6-9,25H2,1-3H3. The lowest BCUT2D eigenvalue weighted by Crippen LogP contribution is -2.17. The van der Waals surface area contributed by atoms with E-state index in [0.717, 1.165) is 5.56 Å². The fourth-order valence-corrected chi connectivity index (χ4v) is 3.48. The Labute approximate surface area is 179 Å². The van der Waals surface area contributed by atoms with Crippen LogP contribution in [0, 0.1) is 5.82 Å². The summed E-state index contributed by atoms with van der Waals surface area (Å²) in [7, 11) is 1.60. The Kier molecular flexibility index (Phi) is 5.99. The molecule has 164 valence electrons. The molecule has 31 heavy (non-hydrogen) atoms. The zero-order chi connectivity index (χ0) is 22.0. The minimum atomic E-state index is -0.544. The summed E-state index contributed by atoms with van der Waals surface area (Å²) < 4.78 is 43.2. The summed E-state index contributed by atoms with van der Waals surface area (Å²) in [5, 5.41) is 0.582.